The van der Waals surface area contributed by atoms with Gasteiger partial charge in [0.25, 0.3) is 11.8 Å². The predicted octanol–water partition coefficient (Wildman–Crippen LogP) is 1.76. The average Bonchev–Trinajstić information content (AvgIpc) is 2.60. The van der Waals surface area contributed by atoms with Crippen LogP contribution in [0.4, 0.5) is 4.39 Å². The van der Waals surface area contributed by atoms with Crippen LogP contribution in [-0.2, 0) is 9.59 Å². The molecule has 2 amide bonds. The summed E-state index contributed by atoms with van der Waals surface area (Å²) in [4.78, 5) is 22.4. The van der Waals surface area contributed by atoms with E-state index in [9.17, 15) is 14.0 Å². The minimum Gasteiger partial charge on any atom is -0.276 e. The van der Waals surface area contributed by atoms with E-state index >= 15 is 0 Å². The number of hydrogen-bond donors (Lipinski definition) is 0. The van der Waals surface area contributed by atoms with Crippen LogP contribution >= 0.6 is 0 Å². The number of carbonyl (C=O) groups is 2. The van der Waals surface area contributed by atoms with Crippen molar-refractivity contribution >= 4 is 11.8 Å². The number of halogens is 1. The number of nitrogens with zero attached hydrogens (tertiary/aromatic N) is 1. The smallest absolute Gasteiger partial charge is 0.253 e. The molecular weight excluding hydrogens is 209 g/mol. The van der Waals surface area contributed by atoms with E-state index in [0.717, 1.165) is 0 Å². The molecule has 1 aromatic carbocycles. The fraction of sp³-hybridized carbons (Fsp3) is 0.167. The van der Waals surface area contributed by atoms with E-state index in [1.807, 2.05) is 0 Å². The Labute approximate surface area is 93.2 Å². The maximum Gasteiger partial charge on any atom is 0.253 e. The zero-order valence-electron chi connectivity index (χ0n) is 8.89. The first-order valence-electron chi connectivity index (χ1n) is 4.89. The molecule has 3 nitrogen and oxygen atoms in total. The van der Waals surface area contributed by atoms with Crippen molar-refractivity contribution in [3.63, 3.8) is 0 Å². The van der Waals surface area contributed by atoms with E-state index in [1.165, 1.54) is 29.2 Å². The lowest BCUT2D eigenvalue weighted by Gasteiger charge is -2.08. The van der Waals surface area contributed by atoms with Gasteiger partial charge in [0, 0.05) is 18.7 Å². The van der Waals surface area contributed by atoms with Crippen LogP contribution in [0.3, 0.4) is 0 Å². The van der Waals surface area contributed by atoms with Crippen LogP contribution in [0.15, 0.2) is 42.5 Å². The van der Waals surface area contributed by atoms with Crippen LogP contribution in [-0.4, -0.2) is 23.3 Å². The highest BCUT2D eigenvalue weighted by atomic mass is 19.1. The normalized spacial score (nSPS) is 13.8. The summed E-state index contributed by atoms with van der Waals surface area (Å²) in [5, 5.41) is 0. The molecule has 4 heteroatoms. The molecule has 1 aliphatic heterocycles. The fourth-order valence-electron chi connectivity index (χ4n) is 1.16. The van der Waals surface area contributed by atoms with Gasteiger partial charge in [0.2, 0.25) is 0 Å². The standard InChI is InChI=1S/C6H5F.C6H7NO2/c7-6-4-2-1-3-5-6;1-2-7-5(8)3-4-6(7)9/h1-5H;3-4H,2H2,1H3. The van der Waals surface area contributed by atoms with Crippen LogP contribution < -0.4 is 0 Å². The molecule has 0 aliphatic carbocycles. The Balaban J connectivity index is 0.000000165. The van der Waals surface area contributed by atoms with Gasteiger partial charge in [-0.1, -0.05) is 18.2 Å². The molecule has 1 aliphatic rings. The van der Waals surface area contributed by atoms with Crippen molar-refractivity contribution in [2.75, 3.05) is 6.54 Å². The third-order valence-electron chi connectivity index (χ3n) is 1.95. The summed E-state index contributed by atoms with van der Waals surface area (Å²) in [6, 6.07) is 7.94. The van der Waals surface area contributed by atoms with E-state index in [2.05, 4.69) is 0 Å². The minimum absolute atomic E-state index is 0.178. The van der Waals surface area contributed by atoms with Gasteiger partial charge in [-0.3, -0.25) is 14.5 Å². The van der Waals surface area contributed by atoms with Gasteiger partial charge in [-0.15, -0.1) is 0 Å². The molecule has 84 valence electrons. The largest absolute Gasteiger partial charge is 0.276 e. The van der Waals surface area contributed by atoms with Gasteiger partial charge in [0.1, 0.15) is 5.82 Å². The lowest BCUT2D eigenvalue weighted by molar-refractivity contribution is -0.136. The van der Waals surface area contributed by atoms with Crippen LogP contribution in [0, 0.1) is 5.82 Å². The number of imide groups is 1. The molecule has 0 spiro atoms. The quantitative estimate of drug-likeness (QED) is 0.677. The molecule has 0 bridgehead atoms. The molecule has 0 atom stereocenters. The van der Waals surface area contributed by atoms with Crippen molar-refractivity contribution in [2.45, 2.75) is 6.92 Å². The lowest BCUT2D eigenvalue weighted by atomic mass is 10.4. The molecule has 16 heavy (non-hydrogen) atoms. The summed E-state index contributed by atoms with van der Waals surface area (Å²) in [5.74, 6) is -0.590. The predicted molar refractivity (Wildman–Crippen MR) is 57.9 cm³/mol. The molecule has 0 unspecified atom stereocenters. The first-order valence-corrected chi connectivity index (χ1v) is 4.89. The van der Waals surface area contributed by atoms with Crippen molar-refractivity contribution in [2.24, 2.45) is 0 Å². The van der Waals surface area contributed by atoms with E-state index < -0.39 is 0 Å². The van der Waals surface area contributed by atoms with Crippen molar-refractivity contribution in [3.05, 3.63) is 48.3 Å². The highest BCUT2D eigenvalue weighted by Crippen LogP contribution is 2.00. The first kappa shape index (κ1) is 12.1. The summed E-state index contributed by atoms with van der Waals surface area (Å²) in [6.45, 7) is 2.23. The third-order valence-corrected chi connectivity index (χ3v) is 1.95. The van der Waals surface area contributed by atoms with Gasteiger partial charge in [0.15, 0.2) is 0 Å². The van der Waals surface area contributed by atoms with Crippen molar-refractivity contribution in [1.29, 1.82) is 0 Å². The Bertz CT molecular complexity index is 383. The van der Waals surface area contributed by atoms with E-state index in [1.54, 1.807) is 25.1 Å². The van der Waals surface area contributed by atoms with Gasteiger partial charge in [-0.25, -0.2) is 4.39 Å². The highest BCUT2D eigenvalue weighted by Gasteiger charge is 2.20. The van der Waals surface area contributed by atoms with Gasteiger partial charge < -0.3 is 0 Å². The molecule has 2 rings (SSSR count). The maximum atomic E-state index is 11.9. The molecule has 0 saturated carbocycles. The first-order chi connectivity index (χ1) is 7.65. The molecule has 0 radical (unpaired) electrons. The Kier molecular flexibility index (Phi) is 4.39. The Morgan fingerprint density at radius 3 is 1.81 bits per heavy atom. The number of benzene rings is 1. The lowest BCUT2D eigenvalue weighted by Crippen LogP contribution is -2.29. The summed E-state index contributed by atoms with van der Waals surface area (Å²) < 4.78 is 11.9. The maximum absolute atomic E-state index is 11.9. The van der Waals surface area contributed by atoms with Crippen LogP contribution in [0.2, 0.25) is 0 Å². The summed E-state index contributed by atoms with van der Waals surface area (Å²) in [7, 11) is 0. The molecule has 0 saturated heterocycles. The second-order valence-corrected chi connectivity index (χ2v) is 3.05. The minimum atomic E-state index is -0.206. The molecule has 1 heterocycles. The average molecular weight is 221 g/mol. The highest BCUT2D eigenvalue weighted by molar-refractivity contribution is 6.12. The summed E-state index contributed by atoms with van der Waals surface area (Å²) in [6.07, 6.45) is 2.57. The van der Waals surface area contributed by atoms with Crippen LogP contribution in [0.5, 0.6) is 0 Å². The van der Waals surface area contributed by atoms with E-state index in [-0.39, 0.29) is 17.6 Å². The monoisotopic (exact) mass is 221 g/mol. The van der Waals surface area contributed by atoms with Gasteiger partial charge in [-0.05, 0) is 19.1 Å². The topological polar surface area (TPSA) is 37.4 Å². The number of amides is 2. The van der Waals surface area contributed by atoms with Crippen molar-refractivity contribution < 1.29 is 14.0 Å². The molecule has 0 fully saturated rings. The summed E-state index contributed by atoms with van der Waals surface area (Å²) >= 11 is 0. The molecule has 0 aromatic heterocycles. The SMILES string of the molecule is CCN1C(=O)C=CC1=O.Fc1ccccc1. The number of rotatable bonds is 1. The van der Waals surface area contributed by atoms with E-state index in [0.29, 0.717) is 6.54 Å². The number of carbonyl (C=O) groups excluding carboxylic acids is 2. The zero-order valence-corrected chi connectivity index (χ0v) is 8.89. The van der Waals surface area contributed by atoms with Gasteiger partial charge >= 0.3 is 0 Å². The van der Waals surface area contributed by atoms with Crippen molar-refractivity contribution in [3.8, 4) is 0 Å². The number of hydrogen-bond acceptors (Lipinski definition) is 2. The number of likely N-dealkylation sites (N-methyl/N-ethyl adjacent to an activating group) is 1. The second kappa shape index (κ2) is 5.80. The zero-order chi connectivity index (χ0) is 12.0. The van der Waals surface area contributed by atoms with Gasteiger partial charge in [-0.2, -0.15) is 0 Å². The third kappa shape index (κ3) is 3.31. The molecular formula is C12H12FNO2. The van der Waals surface area contributed by atoms with Crippen LogP contribution in [0.25, 0.3) is 0 Å². The summed E-state index contributed by atoms with van der Waals surface area (Å²) in [5.41, 5.74) is 0. The Hall–Kier alpha value is -1.97. The molecule has 1 aromatic rings. The Morgan fingerprint density at radius 1 is 1.06 bits per heavy atom. The second-order valence-electron chi connectivity index (χ2n) is 3.05. The van der Waals surface area contributed by atoms with Crippen molar-refractivity contribution in [1.82, 2.24) is 4.90 Å². The fourth-order valence-corrected chi connectivity index (χ4v) is 1.16. The van der Waals surface area contributed by atoms with Gasteiger partial charge in [0.05, 0.1) is 0 Å². The molecule has 0 N–H and O–H groups in total. The van der Waals surface area contributed by atoms with Crippen LogP contribution in [0.1, 0.15) is 6.92 Å². The van der Waals surface area contributed by atoms with E-state index in [4.69, 9.17) is 0 Å². The Morgan fingerprint density at radius 2 is 1.56 bits per heavy atom.